The first-order valence-corrected chi connectivity index (χ1v) is 11.8. The number of aryl methyl sites for hydroxylation is 1. The van der Waals surface area contributed by atoms with Crippen molar-refractivity contribution in [3.8, 4) is 11.5 Å². The molecule has 0 bridgehead atoms. The lowest BCUT2D eigenvalue weighted by molar-refractivity contribution is -0.131. The van der Waals surface area contributed by atoms with E-state index in [0.717, 1.165) is 22.7 Å². The zero-order valence-electron chi connectivity index (χ0n) is 18.2. The summed E-state index contributed by atoms with van der Waals surface area (Å²) >= 11 is 7.67. The van der Waals surface area contributed by atoms with E-state index in [4.69, 9.17) is 21.0 Å². The molecule has 0 unspecified atom stereocenters. The zero-order chi connectivity index (χ0) is 22.7. The second-order valence-corrected chi connectivity index (χ2v) is 8.86. The van der Waals surface area contributed by atoms with Crippen molar-refractivity contribution in [1.82, 2.24) is 24.6 Å². The Kier molecular flexibility index (Phi) is 6.81. The number of carbonyl (C=O) groups is 1. The van der Waals surface area contributed by atoms with Crippen LogP contribution in [0.5, 0.6) is 0 Å². The van der Waals surface area contributed by atoms with Crippen molar-refractivity contribution in [3.63, 3.8) is 0 Å². The van der Waals surface area contributed by atoms with Crippen LogP contribution in [0.3, 0.4) is 0 Å². The highest BCUT2D eigenvalue weighted by atomic mass is 35.5. The summed E-state index contributed by atoms with van der Waals surface area (Å²) in [6, 6.07) is 15.3. The first-order valence-electron chi connectivity index (χ1n) is 10.4. The van der Waals surface area contributed by atoms with E-state index in [2.05, 4.69) is 21.7 Å². The summed E-state index contributed by atoms with van der Waals surface area (Å²) in [5.74, 6) is 0.963. The Hall–Kier alpha value is -2.84. The minimum atomic E-state index is -0.0243. The topological polar surface area (TPSA) is 77.0 Å². The molecule has 2 heterocycles. The maximum absolute atomic E-state index is 13.1. The van der Waals surface area contributed by atoms with E-state index < -0.39 is 0 Å². The number of amides is 1. The van der Waals surface area contributed by atoms with E-state index in [1.807, 2.05) is 56.3 Å². The van der Waals surface area contributed by atoms with E-state index in [1.165, 1.54) is 11.8 Å². The summed E-state index contributed by atoms with van der Waals surface area (Å²) in [5.41, 5.74) is 2.68. The van der Waals surface area contributed by atoms with Crippen molar-refractivity contribution in [1.29, 1.82) is 0 Å². The number of imidazole rings is 1. The molecule has 4 rings (SSSR count). The van der Waals surface area contributed by atoms with Crippen LogP contribution in [-0.4, -0.2) is 42.4 Å². The summed E-state index contributed by atoms with van der Waals surface area (Å²) < 4.78 is 7.92. The van der Waals surface area contributed by atoms with Crippen molar-refractivity contribution in [2.24, 2.45) is 0 Å². The van der Waals surface area contributed by atoms with E-state index in [0.29, 0.717) is 22.4 Å². The molecule has 166 valence electrons. The molecule has 7 nitrogen and oxygen atoms in total. The molecule has 2 aromatic heterocycles. The van der Waals surface area contributed by atoms with Gasteiger partial charge in [0, 0.05) is 12.6 Å². The van der Waals surface area contributed by atoms with Gasteiger partial charge < -0.3 is 13.9 Å². The van der Waals surface area contributed by atoms with Gasteiger partial charge in [0.05, 0.1) is 33.9 Å². The van der Waals surface area contributed by atoms with E-state index in [1.54, 1.807) is 11.0 Å². The molecule has 0 fully saturated rings. The number of thioether (sulfide) groups is 1. The Morgan fingerprint density at radius 1 is 1.16 bits per heavy atom. The fraction of sp³-hybridized carbons (Fsp3) is 0.304. The molecular formula is C23H24ClN5O2S. The number of para-hydroxylation sites is 2. The predicted molar refractivity (Wildman–Crippen MR) is 127 cm³/mol. The standard InChI is InChI=1S/C23H24ClN5O2S/c1-4-28-19-12-8-7-11-18(19)25-23(28)32-14-21(30)29(15(2)3)13-20-26-27-22(31-20)16-9-5-6-10-17(16)24/h5-12,15H,4,13-14H2,1-3H3. The molecule has 32 heavy (non-hydrogen) atoms. The number of halogens is 1. The number of aromatic nitrogens is 4. The molecule has 1 amide bonds. The molecule has 4 aromatic rings. The average Bonchev–Trinajstić information content (AvgIpc) is 3.40. The average molecular weight is 470 g/mol. The Morgan fingerprint density at radius 3 is 2.66 bits per heavy atom. The maximum Gasteiger partial charge on any atom is 0.249 e. The second-order valence-electron chi connectivity index (χ2n) is 7.51. The molecule has 2 aromatic carbocycles. The molecule has 0 radical (unpaired) electrons. The third-order valence-corrected chi connectivity index (χ3v) is 6.37. The number of benzene rings is 2. The van der Waals surface area contributed by atoms with Gasteiger partial charge in [0.15, 0.2) is 5.16 Å². The van der Waals surface area contributed by atoms with Gasteiger partial charge in [0.1, 0.15) is 0 Å². The van der Waals surface area contributed by atoms with Crippen LogP contribution in [0.15, 0.2) is 58.1 Å². The van der Waals surface area contributed by atoms with E-state index in [-0.39, 0.29) is 24.2 Å². The number of hydrogen-bond acceptors (Lipinski definition) is 6. The normalized spacial score (nSPS) is 11.4. The zero-order valence-corrected chi connectivity index (χ0v) is 19.7. The Balaban J connectivity index is 1.47. The quantitative estimate of drug-likeness (QED) is 0.326. The third kappa shape index (κ3) is 4.66. The highest BCUT2D eigenvalue weighted by molar-refractivity contribution is 7.99. The largest absolute Gasteiger partial charge is 0.419 e. The molecular weight excluding hydrogens is 446 g/mol. The van der Waals surface area contributed by atoms with Crippen LogP contribution < -0.4 is 0 Å². The summed E-state index contributed by atoms with van der Waals surface area (Å²) in [6.45, 7) is 7.04. The Morgan fingerprint density at radius 2 is 1.91 bits per heavy atom. The number of nitrogens with zero attached hydrogens (tertiary/aromatic N) is 5. The van der Waals surface area contributed by atoms with Gasteiger partial charge in [-0.25, -0.2) is 4.98 Å². The van der Waals surface area contributed by atoms with Gasteiger partial charge in [0.25, 0.3) is 0 Å². The summed E-state index contributed by atoms with van der Waals surface area (Å²) in [7, 11) is 0. The minimum absolute atomic E-state index is 0.0165. The summed E-state index contributed by atoms with van der Waals surface area (Å²) in [5, 5.41) is 9.60. The molecule has 9 heteroatoms. The van der Waals surface area contributed by atoms with Gasteiger partial charge >= 0.3 is 0 Å². The van der Waals surface area contributed by atoms with Crippen LogP contribution in [0.25, 0.3) is 22.5 Å². The fourth-order valence-corrected chi connectivity index (χ4v) is 4.62. The molecule has 0 aliphatic heterocycles. The van der Waals surface area contributed by atoms with Gasteiger partial charge in [-0.2, -0.15) is 0 Å². The van der Waals surface area contributed by atoms with Gasteiger partial charge in [-0.15, -0.1) is 10.2 Å². The molecule has 0 aliphatic carbocycles. The SMILES string of the molecule is CCn1c(SCC(=O)N(Cc2nnc(-c3ccccc3Cl)o2)C(C)C)nc2ccccc21. The first kappa shape index (κ1) is 22.4. The van der Waals surface area contributed by atoms with Gasteiger partial charge in [0.2, 0.25) is 17.7 Å². The first-order chi connectivity index (χ1) is 15.5. The van der Waals surface area contributed by atoms with Gasteiger partial charge in [-0.3, -0.25) is 4.79 Å². The monoisotopic (exact) mass is 469 g/mol. The number of hydrogen-bond donors (Lipinski definition) is 0. The third-order valence-electron chi connectivity index (χ3n) is 5.08. The van der Waals surface area contributed by atoms with Gasteiger partial charge in [-0.05, 0) is 45.0 Å². The Bertz CT molecular complexity index is 1240. The van der Waals surface area contributed by atoms with Crippen molar-refractivity contribution >= 4 is 40.3 Å². The molecule has 0 saturated carbocycles. The van der Waals surface area contributed by atoms with Crippen molar-refractivity contribution < 1.29 is 9.21 Å². The van der Waals surface area contributed by atoms with Crippen molar-refractivity contribution in [2.75, 3.05) is 5.75 Å². The predicted octanol–water partition coefficient (Wildman–Crippen LogP) is 5.29. The van der Waals surface area contributed by atoms with Crippen molar-refractivity contribution in [2.45, 2.75) is 45.1 Å². The maximum atomic E-state index is 13.1. The van der Waals surface area contributed by atoms with Crippen LogP contribution in [0.2, 0.25) is 5.02 Å². The molecule has 0 spiro atoms. The highest BCUT2D eigenvalue weighted by Crippen LogP contribution is 2.27. The fourth-order valence-electron chi connectivity index (χ4n) is 3.44. The summed E-state index contributed by atoms with van der Waals surface area (Å²) in [4.78, 5) is 19.5. The van der Waals surface area contributed by atoms with Crippen molar-refractivity contribution in [3.05, 3.63) is 59.4 Å². The number of rotatable bonds is 8. The van der Waals surface area contributed by atoms with Crippen LogP contribution in [0.4, 0.5) is 0 Å². The second kappa shape index (κ2) is 9.75. The molecule has 0 saturated heterocycles. The Labute approximate surface area is 195 Å². The minimum Gasteiger partial charge on any atom is -0.419 e. The van der Waals surface area contributed by atoms with Crippen LogP contribution in [0, 0.1) is 0 Å². The van der Waals surface area contributed by atoms with E-state index >= 15 is 0 Å². The highest BCUT2D eigenvalue weighted by Gasteiger charge is 2.22. The molecule has 0 aliphatic rings. The lowest BCUT2D eigenvalue weighted by Crippen LogP contribution is -2.37. The molecule has 0 N–H and O–H groups in total. The number of fused-ring (bicyclic) bond motifs is 1. The van der Waals surface area contributed by atoms with Gasteiger partial charge in [-0.1, -0.05) is 47.6 Å². The summed E-state index contributed by atoms with van der Waals surface area (Å²) in [6.07, 6.45) is 0. The smallest absolute Gasteiger partial charge is 0.249 e. The van der Waals surface area contributed by atoms with Crippen LogP contribution >= 0.6 is 23.4 Å². The lowest BCUT2D eigenvalue weighted by Gasteiger charge is -2.25. The number of carbonyl (C=O) groups excluding carboxylic acids is 1. The van der Waals surface area contributed by atoms with Crippen LogP contribution in [0.1, 0.15) is 26.7 Å². The van der Waals surface area contributed by atoms with Crippen LogP contribution in [-0.2, 0) is 17.9 Å². The van der Waals surface area contributed by atoms with E-state index in [9.17, 15) is 4.79 Å². The lowest BCUT2D eigenvalue weighted by atomic mass is 10.2. The molecule has 0 atom stereocenters.